The highest BCUT2D eigenvalue weighted by atomic mass is 32.2. The molecule has 0 aliphatic rings. The molecule has 7 heteroatoms. The van der Waals surface area contributed by atoms with Crippen LogP contribution in [0, 0.1) is 6.92 Å². The molecule has 2 N–H and O–H groups in total. The zero-order chi connectivity index (χ0) is 15.5. The maximum atomic E-state index is 12.5. The average Bonchev–Trinajstić information content (AvgIpc) is 2.81. The van der Waals surface area contributed by atoms with Crippen LogP contribution in [0.25, 0.3) is 0 Å². The average molecular weight is 326 g/mol. The Balaban J connectivity index is 2.34. The van der Waals surface area contributed by atoms with E-state index in [2.05, 4.69) is 10.0 Å². The number of methoxy groups -OCH3 is 1. The van der Waals surface area contributed by atoms with E-state index in [4.69, 9.17) is 4.74 Å². The minimum Gasteiger partial charge on any atom is -0.495 e. The molecular weight excluding hydrogens is 308 g/mol. The number of rotatable bonds is 6. The van der Waals surface area contributed by atoms with Gasteiger partial charge in [-0.15, -0.1) is 11.3 Å². The summed E-state index contributed by atoms with van der Waals surface area (Å²) in [4.78, 5) is 2.06. The SMILES string of the molecule is CNCc1cc(S(=O)(=O)Nc2ccccc2OC)c(C)s1. The Morgan fingerprint density at radius 1 is 1.29 bits per heavy atom. The van der Waals surface area contributed by atoms with E-state index in [9.17, 15) is 8.42 Å². The third-order valence-corrected chi connectivity index (χ3v) is 5.59. The van der Waals surface area contributed by atoms with Gasteiger partial charge in [-0.2, -0.15) is 0 Å². The van der Waals surface area contributed by atoms with Gasteiger partial charge in [-0.05, 0) is 32.2 Å². The van der Waals surface area contributed by atoms with Gasteiger partial charge < -0.3 is 10.1 Å². The predicted octanol–water partition coefficient (Wildman–Crippen LogP) is 2.59. The Bertz CT molecular complexity index is 724. The summed E-state index contributed by atoms with van der Waals surface area (Å²) in [5, 5.41) is 3.02. The van der Waals surface area contributed by atoms with E-state index in [0.717, 1.165) is 9.75 Å². The number of para-hydroxylation sites is 2. The zero-order valence-corrected chi connectivity index (χ0v) is 13.8. The monoisotopic (exact) mass is 326 g/mol. The third kappa shape index (κ3) is 3.55. The zero-order valence-electron chi connectivity index (χ0n) is 12.1. The van der Waals surface area contributed by atoms with Gasteiger partial charge >= 0.3 is 0 Å². The van der Waals surface area contributed by atoms with Crippen molar-refractivity contribution in [1.82, 2.24) is 5.32 Å². The second-order valence-electron chi connectivity index (χ2n) is 4.47. The Morgan fingerprint density at radius 3 is 2.67 bits per heavy atom. The highest BCUT2D eigenvalue weighted by molar-refractivity contribution is 7.93. The van der Waals surface area contributed by atoms with Crippen molar-refractivity contribution in [1.29, 1.82) is 0 Å². The van der Waals surface area contributed by atoms with Crippen molar-refractivity contribution in [3.8, 4) is 5.75 Å². The van der Waals surface area contributed by atoms with Gasteiger partial charge in [0.1, 0.15) is 10.6 Å². The van der Waals surface area contributed by atoms with Crippen molar-refractivity contribution in [3.05, 3.63) is 40.1 Å². The second-order valence-corrected chi connectivity index (χ2v) is 7.46. The summed E-state index contributed by atoms with van der Waals surface area (Å²) < 4.78 is 32.8. The van der Waals surface area contributed by atoms with Crippen molar-refractivity contribution in [3.63, 3.8) is 0 Å². The van der Waals surface area contributed by atoms with Crippen LogP contribution in [0.3, 0.4) is 0 Å². The molecule has 2 aromatic rings. The molecule has 2 rings (SSSR count). The largest absolute Gasteiger partial charge is 0.495 e. The van der Waals surface area contributed by atoms with E-state index >= 15 is 0 Å². The number of thiophene rings is 1. The molecule has 0 atom stereocenters. The second kappa shape index (κ2) is 6.46. The predicted molar refractivity (Wildman–Crippen MR) is 85.6 cm³/mol. The number of benzene rings is 1. The van der Waals surface area contributed by atoms with Crippen LogP contribution in [-0.4, -0.2) is 22.6 Å². The molecule has 0 spiro atoms. The summed E-state index contributed by atoms with van der Waals surface area (Å²) in [6, 6.07) is 8.64. The van der Waals surface area contributed by atoms with E-state index in [1.165, 1.54) is 18.4 Å². The summed E-state index contributed by atoms with van der Waals surface area (Å²) in [6.45, 7) is 2.45. The highest BCUT2D eigenvalue weighted by Gasteiger charge is 2.21. The van der Waals surface area contributed by atoms with Gasteiger partial charge in [-0.1, -0.05) is 12.1 Å². The van der Waals surface area contributed by atoms with Gasteiger partial charge in [0.15, 0.2) is 0 Å². The van der Waals surface area contributed by atoms with Crippen molar-refractivity contribution in [2.75, 3.05) is 18.9 Å². The summed E-state index contributed by atoms with van der Waals surface area (Å²) in [5.74, 6) is 0.490. The molecule has 0 saturated carbocycles. The molecule has 1 aromatic heterocycles. The van der Waals surface area contributed by atoms with Crippen LogP contribution in [-0.2, 0) is 16.6 Å². The van der Waals surface area contributed by atoms with E-state index in [1.54, 1.807) is 37.3 Å². The van der Waals surface area contributed by atoms with Crippen molar-refractivity contribution < 1.29 is 13.2 Å². The molecule has 1 heterocycles. The lowest BCUT2D eigenvalue weighted by molar-refractivity contribution is 0.417. The van der Waals surface area contributed by atoms with Gasteiger partial charge in [0, 0.05) is 16.3 Å². The number of anilines is 1. The number of aryl methyl sites for hydroxylation is 1. The van der Waals surface area contributed by atoms with Crippen molar-refractivity contribution in [2.24, 2.45) is 0 Å². The first-order valence-corrected chi connectivity index (χ1v) is 8.67. The lowest BCUT2D eigenvalue weighted by Crippen LogP contribution is -2.14. The number of hydrogen-bond donors (Lipinski definition) is 2. The summed E-state index contributed by atoms with van der Waals surface area (Å²) >= 11 is 1.47. The topological polar surface area (TPSA) is 67.4 Å². The summed E-state index contributed by atoms with van der Waals surface area (Å²) in [6.07, 6.45) is 0. The molecule has 0 amide bonds. The highest BCUT2D eigenvalue weighted by Crippen LogP contribution is 2.30. The molecule has 5 nitrogen and oxygen atoms in total. The molecule has 0 aliphatic carbocycles. The maximum absolute atomic E-state index is 12.5. The molecular formula is C14H18N2O3S2. The minimum absolute atomic E-state index is 0.309. The van der Waals surface area contributed by atoms with Gasteiger partial charge in [0.2, 0.25) is 0 Å². The molecule has 21 heavy (non-hydrogen) atoms. The lowest BCUT2D eigenvalue weighted by atomic mass is 10.3. The lowest BCUT2D eigenvalue weighted by Gasteiger charge is -2.11. The van der Waals surface area contributed by atoms with Gasteiger partial charge in [-0.25, -0.2) is 8.42 Å². The van der Waals surface area contributed by atoms with Crippen molar-refractivity contribution in [2.45, 2.75) is 18.4 Å². The number of sulfonamides is 1. The van der Waals surface area contributed by atoms with Gasteiger partial charge in [-0.3, -0.25) is 4.72 Å². The Kier molecular flexibility index (Phi) is 4.87. The molecule has 0 unspecified atom stereocenters. The third-order valence-electron chi connectivity index (χ3n) is 2.92. The van der Waals surface area contributed by atoms with Crippen LogP contribution < -0.4 is 14.8 Å². The fourth-order valence-electron chi connectivity index (χ4n) is 1.98. The smallest absolute Gasteiger partial charge is 0.263 e. The van der Waals surface area contributed by atoms with Crippen LogP contribution in [0.5, 0.6) is 5.75 Å². The van der Waals surface area contributed by atoms with E-state index in [0.29, 0.717) is 22.9 Å². The van der Waals surface area contributed by atoms with Crippen LogP contribution >= 0.6 is 11.3 Å². The Morgan fingerprint density at radius 2 is 2.00 bits per heavy atom. The minimum atomic E-state index is -3.62. The van der Waals surface area contributed by atoms with Crippen molar-refractivity contribution >= 4 is 27.0 Å². The summed E-state index contributed by atoms with van der Waals surface area (Å²) in [7, 11) is -0.284. The maximum Gasteiger partial charge on any atom is 0.263 e. The first-order chi connectivity index (χ1) is 9.97. The molecule has 0 bridgehead atoms. The van der Waals surface area contributed by atoms with Crippen LogP contribution in [0.15, 0.2) is 35.2 Å². The first-order valence-electron chi connectivity index (χ1n) is 6.37. The van der Waals surface area contributed by atoms with Crippen LogP contribution in [0.4, 0.5) is 5.69 Å². The fourth-order valence-corrected chi connectivity index (χ4v) is 4.70. The molecule has 0 radical (unpaired) electrons. The van der Waals surface area contributed by atoms with Crippen LogP contribution in [0.2, 0.25) is 0 Å². The molecule has 114 valence electrons. The quantitative estimate of drug-likeness (QED) is 0.856. The first kappa shape index (κ1) is 15.8. The number of nitrogens with one attached hydrogen (secondary N) is 2. The number of ether oxygens (including phenoxy) is 1. The fraction of sp³-hybridized carbons (Fsp3) is 0.286. The van der Waals surface area contributed by atoms with Gasteiger partial charge in [0.25, 0.3) is 10.0 Å². The van der Waals surface area contributed by atoms with Crippen LogP contribution in [0.1, 0.15) is 9.75 Å². The molecule has 0 fully saturated rings. The molecule has 0 saturated heterocycles. The standard InChI is InChI=1S/C14H18N2O3S2/c1-10-14(8-11(20-10)9-15-2)21(17,18)16-12-6-4-5-7-13(12)19-3/h4-8,15-16H,9H2,1-3H3. The Labute approximate surface area is 129 Å². The Hall–Kier alpha value is -1.57. The van der Waals surface area contributed by atoms with E-state index in [-0.39, 0.29) is 0 Å². The molecule has 0 aliphatic heterocycles. The molecule has 1 aromatic carbocycles. The number of hydrogen-bond acceptors (Lipinski definition) is 5. The summed E-state index contributed by atoms with van der Waals surface area (Å²) in [5.41, 5.74) is 0.431. The van der Waals surface area contributed by atoms with E-state index in [1.807, 2.05) is 7.05 Å². The van der Waals surface area contributed by atoms with Gasteiger partial charge in [0.05, 0.1) is 12.8 Å². The normalized spacial score (nSPS) is 11.4. The van der Waals surface area contributed by atoms with E-state index < -0.39 is 10.0 Å².